The predicted octanol–water partition coefficient (Wildman–Crippen LogP) is 3.78. The Morgan fingerprint density at radius 1 is 1.00 bits per heavy atom. The van der Waals surface area contributed by atoms with Gasteiger partial charge in [0, 0.05) is 18.8 Å². The third kappa shape index (κ3) is 3.98. The summed E-state index contributed by atoms with van der Waals surface area (Å²) in [6, 6.07) is 16.8. The second-order valence-corrected chi connectivity index (χ2v) is 7.85. The van der Waals surface area contributed by atoms with Crippen LogP contribution in [0.25, 0.3) is 11.1 Å². The number of ketones is 1. The molecule has 0 aliphatic carbocycles. The smallest absolute Gasteiger partial charge is 0.409 e. The number of carbonyl (C=O) groups excluding carboxylic acids is 1. The van der Waals surface area contributed by atoms with Crippen LogP contribution >= 0.6 is 0 Å². The minimum atomic E-state index is -1.24. The molecule has 1 aliphatic heterocycles. The maximum Gasteiger partial charge on any atom is 0.409 e. The van der Waals surface area contributed by atoms with Gasteiger partial charge in [0.15, 0.2) is 11.4 Å². The van der Waals surface area contributed by atoms with Gasteiger partial charge in [0.05, 0.1) is 6.54 Å². The number of likely N-dealkylation sites (N-methyl/N-ethyl adjacent to an activating group) is 1. The monoisotopic (exact) mass is 395 g/mol. The summed E-state index contributed by atoms with van der Waals surface area (Å²) >= 11 is 0. The van der Waals surface area contributed by atoms with Gasteiger partial charge in [0.1, 0.15) is 0 Å². The Balaban J connectivity index is 1.82. The summed E-state index contributed by atoms with van der Waals surface area (Å²) in [6.45, 7) is 6.85. The highest BCUT2D eigenvalue weighted by Gasteiger charge is 2.47. The Kier molecular flexibility index (Phi) is 5.94. The molecule has 2 N–H and O–H groups in total. The van der Waals surface area contributed by atoms with E-state index in [1.54, 1.807) is 7.05 Å². The molecule has 0 saturated carbocycles. The van der Waals surface area contributed by atoms with Crippen molar-refractivity contribution < 1.29 is 14.7 Å². The SMILES string of the molecule is CNC1(C(C)=O)CN(c2ccc(-c3ccc(C(C)C)cc3)cc2)CCN1C(=O)O. The molecule has 6 heteroatoms. The second-order valence-electron chi connectivity index (χ2n) is 7.85. The molecule has 2 aromatic carbocycles. The number of piperazine rings is 1. The molecule has 1 atom stereocenters. The Labute approximate surface area is 172 Å². The van der Waals surface area contributed by atoms with E-state index >= 15 is 0 Å². The quantitative estimate of drug-likeness (QED) is 0.806. The summed E-state index contributed by atoms with van der Waals surface area (Å²) in [6.07, 6.45) is -1.09. The van der Waals surface area contributed by atoms with E-state index in [4.69, 9.17) is 0 Å². The van der Waals surface area contributed by atoms with Crippen molar-refractivity contribution in [2.45, 2.75) is 32.4 Å². The Morgan fingerprint density at radius 2 is 1.55 bits per heavy atom. The van der Waals surface area contributed by atoms with Crippen LogP contribution < -0.4 is 10.2 Å². The van der Waals surface area contributed by atoms with Gasteiger partial charge in [-0.2, -0.15) is 0 Å². The molecule has 3 rings (SSSR count). The summed E-state index contributed by atoms with van der Waals surface area (Å²) in [5.41, 5.74) is 3.33. The van der Waals surface area contributed by atoms with Gasteiger partial charge in [-0.1, -0.05) is 50.2 Å². The fourth-order valence-corrected chi connectivity index (χ4v) is 3.95. The zero-order chi connectivity index (χ0) is 21.2. The van der Waals surface area contributed by atoms with Gasteiger partial charge in [-0.05, 0) is 48.7 Å². The lowest BCUT2D eigenvalue weighted by atomic mass is 9.97. The number of carbonyl (C=O) groups is 2. The maximum absolute atomic E-state index is 12.4. The summed E-state index contributed by atoms with van der Waals surface area (Å²) < 4.78 is 0. The van der Waals surface area contributed by atoms with E-state index in [0.717, 1.165) is 16.8 Å². The highest BCUT2D eigenvalue weighted by molar-refractivity contribution is 5.90. The van der Waals surface area contributed by atoms with Crippen molar-refractivity contribution in [3.05, 3.63) is 54.1 Å². The molecule has 0 radical (unpaired) electrons. The molecule has 1 fully saturated rings. The number of hydrogen-bond acceptors (Lipinski definition) is 4. The lowest BCUT2D eigenvalue weighted by molar-refractivity contribution is -0.130. The average molecular weight is 396 g/mol. The van der Waals surface area contributed by atoms with Gasteiger partial charge < -0.3 is 10.0 Å². The normalized spacial score (nSPS) is 19.5. The number of amides is 1. The molecule has 6 nitrogen and oxygen atoms in total. The van der Waals surface area contributed by atoms with Crippen LogP contribution in [-0.2, 0) is 4.79 Å². The van der Waals surface area contributed by atoms with E-state index in [2.05, 4.69) is 60.5 Å². The van der Waals surface area contributed by atoms with Crippen LogP contribution in [0.15, 0.2) is 48.5 Å². The van der Waals surface area contributed by atoms with Crippen LogP contribution in [0.3, 0.4) is 0 Å². The van der Waals surface area contributed by atoms with E-state index in [9.17, 15) is 14.7 Å². The molecule has 0 aromatic heterocycles. The van der Waals surface area contributed by atoms with Crippen LogP contribution in [0, 0.1) is 0 Å². The van der Waals surface area contributed by atoms with Gasteiger partial charge >= 0.3 is 6.09 Å². The van der Waals surface area contributed by atoms with Gasteiger partial charge in [-0.25, -0.2) is 4.79 Å². The van der Waals surface area contributed by atoms with Crippen molar-refractivity contribution in [2.24, 2.45) is 0 Å². The van der Waals surface area contributed by atoms with Gasteiger partial charge in [-0.3, -0.25) is 15.0 Å². The zero-order valence-corrected chi connectivity index (χ0v) is 17.5. The molecule has 1 saturated heterocycles. The average Bonchev–Trinajstić information content (AvgIpc) is 2.73. The van der Waals surface area contributed by atoms with Crippen LogP contribution in [0.1, 0.15) is 32.3 Å². The number of Topliss-reactive ketones (excluding diaryl/α,β-unsaturated/α-hetero) is 1. The highest BCUT2D eigenvalue weighted by atomic mass is 16.4. The fraction of sp³-hybridized carbons (Fsp3) is 0.391. The first-order chi connectivity index (χ1) is 13.8. The van der Waals surface area contributed by atoms with E-state index in [1.165, 1.54) is 17.4 Å². The first-order valence-electron chi connectivity index (χ1n) is 9.94. The minimum Gasteiger partial charge on any atom is -0.465 e. The number of carboxylic acid groups (broad SMARTS) is 1. The zero-order valence-electron chi connectivity index (χ0n) is 17.5. The van der Waals surface area contributed by atoms with Crippen LogP contribution in [0.5, 0.6) is 0 Å². The molecular weight excluding hydrogens is 366 g/mol. The molecule has 1 amide bonds. The molecule has 1 unspecified atom stereocenters. The Hall–Kier alpha value is -2.86. The summed E-state index contributed by atoms with van der Waals surface area (Å²) in [5.74, 6) is 0.290. The molecule has 29 heavy (non-hydrogen) atoms. The topological polar surface area (TPSA) is 72.9 Å². The van der Waals surface area contributed by atoms with E-state index in [1.807, 2.05) is 12.1 Å². The van der Waals surface area contributed by atoms with E-state index in [-0.39, 0.29) is 18.9 Å². The summed E-state index contributed by atoms with van der Waals surface area (Å²) in [5, 5.41) is 12.5. The number of benzene rings is 2. The van der Waals surface area contributed by atoms with E-state index in [0.29, 0.717) is 12.5 Å². The van der Waals surface area contributed by atoms with Crippen LogP contribution in [0.4, 0.5) is 10.5 Å². The van der Waals surface area contributed by atoms with Gasteiger partial charge in [0.25, 0.3) is 0 Å². The predicted molar refractivity (Wildman–Crippen MR) is 115 cm³/mol. The maximum atomic E-state index is 12.4. The fourth-order valence-electron chi connectivity index (χ4n) is 3.95. The van der Waals surface area contributed by atoms with Crippen molar-refractivity contribution >= 4 is 17.6 Å². The van der Waals surface area contributed by atoms with Crippen molar-refractivity contribution in [2.75, 3.05) is 31.6 Å². The molecule has 0 spiro atoms. The summed E-state index contributed by atoms with van der Waals surface area (Å²) in [4.78, 5) is 27.3. The van der Waals surface area contributed by atoms with Crippen molar-refractivity contribution in [1.82, 2.24) is 10.2 Å². The Bertz CT molecular complexity index is 877. The number of rotatable bonds is 5. The third-order valence-electron chi connectivity index (χ3n) is 5.84. The number of nitrogens with one attached hydrogen (secondary N) is 1. The largest absolute Gasteiger partial charge is 0.465 e. The number of anilines is 1. The Morgan fingerprint density at radius 3 is 2.00 bits per heavy atom. The molecular formula is C23H29N3O3. The van der Waals surface area contributed by atoms with Gasteiger partial charge in [0.2, 0.25) is 0 Å². The highest BCUT2D eigenvalue weighted by Crippen LogP contribution is 2.28. The first-order valence-corrected chi connectivity index (χ1v) is 9.94. The molecule has 2 aromatic rings. The summed E-state index contributed by atoms with van der Waals surface area (Å²) in [7, 11) is 1.63. The van der Waals surface area contributed by atoms with Gasteiger partial charge in [-0.15, -0.1) is 0 Å². The lowest BCUT2D eigenvalue weighted by Crippen LogP contribution is -2.73. The minimum absolute atomic E-state index is 0.214. The molecule has 1 aliphatic rings. The van der Waals surface area contributed by atoms with Crippen molar-refractivity contribution in [3.63, 3.8) is 0 Å². The van der Waals surface area contributed by atoms with Crippen molar-refractivity contribution in [1.29, 1.82) is 0 Å². The van der Waals surface area contributed by atoms with Crippen molar-refractivity contribution in [3.8, 4) is 11.1 Å². The lowest BCUT2D eigenvalue weighted by Gasteiger charge is -2.48. The standard InChI is InChI=1S/C23H29N3O3/c1-16(2)18-5-7-19(8-6-18)20-9-11-21(12-10-20)25-13-14-26(22(28)29)23(15-25,24-4)17(3)27/h5-12,16,24H,13-15H2,1-4H3,(H,28,29). The molecule has 0 bridgehead atoms. The second kappa shape index (κ2) is 8.25. The third-order valence-corrected chi connectivity index (χ3v) is 5.84. The number of hydrogen-bond donors (Lipinski definition) is 2. The number of nitrogens with zero attached hydrogens (tertiary/aromatic N) is 2. The molecule has 154 valence electrons. The molecule has 1 heterocycles. The van der Waals surface area contributed by atoms with E-state index < -0.39 is 11.8 Å². The van der Waals surface area contributed by atoms with Crippen LogP contribution in [-0.4, -0.2) is 54.2 Å². The first kappa shape index (κ1) is 20.9. The van der Waals surface area contributed by atoms with Crippen LogP contribution in [0.2, 0.25) is 0 Å².